The van der Waals surface area contributed by atoms with Crippen LogP contribution in [0.1, 0.15) is 35.1 Å². The van der Waals surface area contributed by atoms with Crippen LogP contribution in [0.3, 0.4) is 0 Å². The second-order valence-electron chi connectivity index (χ2n) is 6.18. The van der Waals surface area contributed by atoms with E-state index < -0.39 is 0 Å². The molecular formula is C20H19N5O. The smallest absolute Gasteiger partial charge is 0.273 e. The fourth-order valence-corrected chi connectivity index (χ4v) is 3.21. The molecule has 0 aromatic carbocycles. The molecule has 130 valence electrons. The zero-order valence-corrected chi connectivity index (χ0v) is 14.2. The van der Waals surface area contributed by atoms with Gasteiger partial charge in [0.15, 0.2) is 0 Å². The van der Waals surface area contributed by atoms with Crippen LogP contribution in [0.5, 0.6) is 0 Å². The molecule has 1 aliphatic heterocycles. The van der Waals surface area contributed by atoms with Crippen LogP contribution in [0.4, 0.5) is 11.5 Å². The van der Waals surface area contributed by atoms with E-state index in [9.17, 15) is 4.79 Å². The quantitative estimate of drug-likeness (QED) is 0.782. The van der Waals surface area contributed by atoms with Crippen LogP contribution in [0.2, 0.25) is 0 Å². The van der Waals surface area contributed by atoms with Gasteiger partial charge in [-0.05, 0) is 49.2 Å². The molecule has 4 rings (SSSR count). The Morgan fingerprint density at radius 2 is 1.85 bits per heavy atom. The average Bonchev–Trinajstić information content (AvgIpc) is 3.19. The molecule has 4 heterocycles. The van der Waals surface area contributed by atoms with Crippen molar-refractivity contribution in [3.8, 4) is 0 Å². The summed E-state index contributed by atoms with van der Waals surface area (Å²) in [6.07, 6.45) is 7.06. The molecule has 0 radical (unpaired) electrons. The minimum Gasteiger partial charge on any atom is -0.339 e. The molecule has 0 bridgehead atoms. The molecule has 1 aliphatic rings. The van der Waals surface area contributed by atoms with E-state index in [1.54, 1.807) is 24.7 Å². The Balaban J connectivity index is 1.50. The van der Waals surface area contributed by atoms with Crippen LogP contribution in [0.25, 0.3) is 0 Å². The maximum atomic E-state index is 12.8. The third-order valence-corrected chi connectivity index (χ3v) is 4.46. The van der Waals surface area contributed by atoms with E-state index in [4.69, 9.17) is 0 Å². The lowest BCUT2D eigenvalue weighted by atomic mass is 10.1. The lowest BCUT2D eigenvalue weighted by Gasteiger charge is -2.24. The predicted octanol–water partition coefficient (Wildman–Crippen LogP) is 3.59. The molecule has 3 aromatic heterocycles. The van der Waals surface area contributed by atoms with Crippen LogP contribution in [-0.2, 0) is 0 Å². The number of anilines is 2. The van der Waals surface area contributed by atoms with Gasteiger partial charge in [0.1, 0.15) is 11.5 Å². The molecule has 6 nitrogen and oxygen atoms in total. The number of hydrogen-bond donors (Lipinski definition) is 1. The van der Waals surface area contributed by atoms with E-state index in [1.807, 2.05) is 47.4 Å². The number of aromatic nitrogens is 3. The minimum atomic E-state index is -0.0365. The maximum absolute atomic E-state index is 12.8. The molecule has 0 unspecified atom stereocenters. The fraction of sp³-hybridized carbons (Fsp3) is 0.200. The van der Waals surface area contributed by atoms with Crippen molar-refractivity contribution in [3.05, 3.63) is 78.5 Å². The van der Waals surface area contributed by atoms with Crippen LogP contribution >= 0.6 is 0 Å². The first-order valence-electron chi connectivity index (χ1n) is 8.67. The highest BCUT2D eigenvalue weighted by Crippen LogP contribution is 2.32. The van der Waals surface area contributed by atoms with Crippen LogP contribution in [0, 0.1) is 0 Å². The summed E-state index contributed by atoms with van der Waals surface area (Å²) >= 11 is 0. The van der Waals surface area contributed by atoms with Crippen molar-refractivity contribution in [2.24, 2.45) is 0 Å². The first-order chi connectivity index (χ1) is 12.8. The summed E-state index contributed by atoms with van der Waals surface area (Å²) < 4.78 is 0. The summed E-state index contributed by atoms with van der Waals surface area (Å²) in [6, 6.07) is 15.0. The molecule has 1 amide bonds. The van der Waals surface area contributed by atoms with Gasteiger partial charge in [-0.25, -0.2) is 4.98 Å². The first kappa shape index (κ1) is 16.2. The Hall–Kier alpha value is -3.28. The number of nitrogens with zero attached hydrogens (tertiary/aromatic N) is 4. The number of amides is 1. The van der Waals surface area contributed by atoms with E-state index in [-0.39, 0.29) is 11.9 Å². The highest BCUT2D eigenvalue weighted by Gasteiger charge is 2.31. The van der Waals surface area contributed by atoms with Crippen molar-refractivity contribution >= 4 is 17.4 Å². The van der Waals surface area contributed by atoms with Crippen molar-refractivity contribution in [3.63, 3.8) is 0 Å². The molecule has 1 N–H and O–H groups in total. The Kier molecular flexibility index (Phi) is 4.55. The van der Waals surface area contributed by atoms with Gasteiger partial charge in [-0.1, -0.05) is 12.1 Å². The molecule has 3 aromatic rings. The highest BCUT2D eigenvalue weighted by molar-refractivity contribution is 5.92. The molecule has 6 heteroatoms. The van der Waals surface area contributed by atoms with Gasteiger partial charge >= 0.3 is 0 Å². The normalized spacial score (nSPS) is 16.5. The van der Waals surface area contributed by atoms with E-state index in [0.29, 0.717) is 5.69 Å². The lowest BCUT2D eigenvalue weighted by molar-refractivity contribution is 0.0727. The minimum absolute atomic E-state index is 0.00611. The SMILES string of the molecule is O=C(c1ccccn1)N1CCC[C@@H]1c1ccc(Nc2ccccn2)cn1. The third kappa shape index (κ3) is 3.39. The largest absolute Gasteiger partial charge is 0.339 e. The van der Waals surface area contributed by atoms with E-state index in [1.165, 1.54) is 0 Å². The van der Waals surface area contributed by atoms with Crippen LogP contribution in [0.15, 0.2) is 67.1 Å². The monoisotopic (exact) mass is 345 g/mol. The summed E-state index contributed by atoms with van der Waals surface area (Å²) in [6.45, 7) is 0.732. The van der Waals surface area contributed by atoms with Crippen LogP contribution < -0.4 is 5.32 Å². The first-order valence-corrected chi connectivity index (χ1v) is 8.67. The highest BCUT2D eigenvalue weighted by atomic mass is 16.2. The standard InChI is InChI=1S/C20H19N5O/c26-20(17-6-1-3-11-21-17)25-13-5-7-18(25)16-10-9-15(14-23-16)24-19-8-2-4-12-22-19/h1-4,6,8-12,14,18H,5,7,13H2,(H,22,24)/t18-/m1/s1. The molecule has 1 atom stereocenters. The van der Waals surface area contributed by atoms with Gasteiger partial charge < -0.3 is 10.2 Å². The molecule has 0 spiro atoms. The second kappa shape index (κ2) is 7.31. The number of pyridine rings is 3. The molecular weight excluding hydrogens is 326 g/mol. The molecule has 26 heavy (non-hydrogen) atoms. The molecule has 1 fully saturated rings. The van der Waals surface area contributed by atoms with Gasteiger partial charge in [-0.15, -0.1) is 0 Å². The Morgan fingerprint density at radius 3 is 2.54 bits per heavy atom. The van der Waals surface area contributed by atoms with Crippen molar-refractivity contribution in [1.29, 1.82) is 0 Å². The third-order valence-electron chi connectivity index (χ3n) is 4.46. The van der Waals surface area contributed by atoms with E-state index in [2.05, 4.69) is 20.3 Å². The zero-order chi connectivity index (χ0) is 17.8. The summed E-state index contributed by atoms with van der Waals surface area (Å²) in [5.74, 6) is 0.737. The molecule has 0 aliphatic carbocycles. The van der Waals surface area contributed by atoms with Gasteiger partial charge in [-0.3, -0.25) is 14.8 Å². The Morgan fingerprint density at radius 1 is 1.00 bits per heavy atom. The van der Waals surface area contributed by atoms with Crippen molar-refractivity contribution in [2.45, 2.75) is 18.9 Å². The zero-order valence-electron chi connectivity index (χ0n) is 14.2. The Labute approximate surface area is 151 Å². The number of nitrogens with one attached hydrogen (secondary N) is 1. The number of likely N-dealkylation sites (tertiary alicyclic amines) is 1. The van der Waals surface area contributed by atoms with Crippen molar-refractivity contribution < 1.29 is 4.79 Å². The molecule has 0 saturated carbocycles. The maximum Gasteiger partial charge on any atom is 0.273 e. The van der Waals surface area contributed by atoms with Crippen LogP contribution in [-0.4, -0.2) is 32.3 Å². The summed E-state index contributed by atoms with van der Waals surface area (Å²) in [7, 11) is 0. The lowest BCUT2D eigenvalue weighted by Crippen LogP contribution is -2.31. The average molecular weight is 345 g/mol. The second-order valence-corrected chi connectivity index (χ2v) is 6.18. The van der Waals surface area contributed by atoms with Gasteiger partial charge in [-0.2, -0.15) is 0 Å². The Bertz CT molecular complexity index is 868. The van der Waals surface area contributed by atoms with E-state index >= 15 is 0 Å². The number of rotatable bonds is 4. The fourth-order valence-electron chi connectivity index (χ4n) is 3.21. The van der Waals surface area contributed by atoms with Gasteiger partial charge in [0, 0.05) is 18.9 Å². The summed E-state index contributed by atoms with van der Waals surface area (Å²) in [4.78, 5) is 27.6. The van der Waals surface area contributed by atoms with Gasteiger partial charge in [0.2, 0.25) is 0 Å². The summed E-state index contributed by atoms with van der Waals surface area (Å²) in [5, 5.41) is 3.22. The van der Waals surface area contributed by atoms with Gasteiger partial charge in [0.05, 0.1) is 23.6 Å². The topological polar surface area (TPSA) is 71.0 Å². The number of carbonyl (C=O) groups excluding carboxylic acids is 1. The van der Waals surface area contributed by atoms with E-state index in [0.717, 1.165) is 36.6 Å². The molecule has 1 saturated heterocycles. The number of carbonyl (C=O) groups is 1. The predicted molar refractivity (Wildman–Crippen MR) is 99.0 cm³/mol. The van der Waals surface area contributed by atoms with Crippen molar-refractivity contribution in [1.82, 2.24) is 19.9 Å². The summed E-state index contributed by atoms with van der Waals surface area (Å²) in [5.41, 5.74) is 2.25. The number of hydrogen-bond acceptors (Lipinski definition) is 5. The van der Waals surface area contributed by atoms with Crippen molar-refractivity contribution in [2.75, 3.05) is 11.9 Å². The van der Waals surface area contributed by atoms with Gasteiger partial charge in [0.25, 0.3) is 5.91 Å².